The zero-order valence-electron chi connectivity index (χ0n) is 6.49. The molecule has 0 rings (SSSR count). The normalized spacial score (nSPS) is 12.4. The third-order valence-corrected chi connectivity index (χ3v) is 1.36. The molecule has 0 aromatic carbocycles. The van der Waals surface area contributed by atoms with Crippen LogP contribution in [-0.4, -0.2) is 28.2 Å². The molecule has 0 aromatic heterocycles. The summed E-state index contributed by atoms with van der Waals surface area (Å²) in [6.07, 6.45) is -0.0237. The molecule has 0 aliphatic rings. The first-order valence-corrected chi connectivity index (χ1v) is 3.46. The van der Waals surface area contributed by atoms with Gasteiger partial charge in [0.2, 0.25) is 0 Å². The van der Waals surface area contributed by atoms with E-state index in [4.69, 9.17) is 16.1 Å². The number of hydrogen-bond acceptors (Lipinski definition) is 4. The van der Waals surface area contributed by atoms with Crippen molar-refractivity contribution in [3.63, 3.8) is 0 Å². The van der Waals surface area contributed by atoms with Crippen LogP contribution in [-0.2, 0) is 9.59 Å². The Bertz CT molecular complexity index is 171. The van der Waals surface area contributed by atoms with Crippen molar-refractivity contribution >= 4 is 11.9 Å². The van der Waals surface area contributed by atoms with Gasteiger partial charge in [-0.1, -0.05) is 0 Å². The zero-order valence-corrected chi connectivity index (χ0v) is 6.49. The summed E-state index contributed by atoms with van der Waals surface area (Å²) >= 11 is 0. The molecule has 0 aromatic rings. The third-order valence-electron chi connectivity index (χ3n) is 1.36. The van der Waals surface area contributed by atoms with E-state index >= 15 is 0 Å². The Hall–Kier alpha value is -1.14. The summed E-state index contributed by atoms with van der Waals surface area (Å²) in [5.74, 6) is 3.05. The Labute approximate surface area is 69.3 Å². The molecule has 12 heavy (non-hydrogen) atoms. The highest BCUT2D eigenvalue weighted by Gasteiger charge is 2.12. The summed E-state index contributed by atoms with van der Waals surface area (Å²) in [5, 5.41) is 16.6. The minimum atomic E-state index is -0.997. The van der Waals surface area contributed by atoms with Gasteiger partial charge in [0.25, 0.3) is 0 Å². The van der Waals surface area contributed by atoms with Crippen molar-refractivity contribution < 1.29 is 19.8 Å². The fourth-order valence-electron chi connectivity index (χ4n) is 0.753. The predicted molar refractivity (Wildman–Crippen MR) is 40.2 cm³/mol. The molecule has 1 unspecified atom stereocenters. The van der Waals surface area contributed by atoms with Crippen LogP contribution in [0.15, 0.2) is 0 Å². The second-order valence-electron chi connectivity index (χ2n) is 2.39. The summed E-state index contributed by atoms with van der Waals surface area (Å²) in [5.41, 5.74) is 2.24. The molecule has 0 saturated heterocycles. The molecular weight excluding hydrogens is 164 g/mol. The lowest BCUT2D eigenvalue weighted by molar-refractivity contribution is -0.139. The quantitative estimate of drug-likeness (QED) is 0.310. The summed E-state index contributed by atoms with van der Waals surface area (Å²) in [6, 6.07) is -0.474. The first-order valence-electron chi connectivity index (χ1n) is 3.46. The smallest absolute Gasteiger partial charge is 0.304 e. The van der Waals surface area contributed by atoms with E-state index in [0.29, 0.717) is 0 Å². The molecule has 0 aliphatic carbocycles. The summed E-state index contributed by atoms with van der Waals surface area (Å²) in [6.45, 7) is 0. The van der Waals surface area contributed by atoms with E-state index in [1.807, 2.05) is 0 Å². The third kappa shape index (κ3) is 5.63. The number of carboxylic acids is 2. The van der Waals surface area contributed by atoms with Crippen molar-refractivity contribution in [2.45, 2.75) is 25.3 Å². The van der Waals surface area contributed by atoms with E-state index < -0.39 is 18.0 Å². The number of carbonyl (C=O) groups is 2. The summed E-state index contributed by atoms with van der Waals surface area (Å²) in [4.78, 5) is 20.3. The van der Waals surface area contributed by atoms with Gasteiger partial charge in [-0.3, -0.25) is 20.9 Å². The van der Waals surface area contributed by atoms with Crippen molar-refractivity contribution in [2.75, 3.05) is 0 Å². The maximum Gasteiger partial charge on any atom is 0.304 e. The van der Waals surface area contributed by atoms with Gasteiger partial charge in [-0.25, -0.2) is 0 Å². The minimum Gasteiger partial charge on any atom is -0.481 e. The number of hydrogen-bond donors (Lipinski definition) is 4. The molecule has 0 amide bonds. The van der Waals surface area contributed by atoms with Crippen molar-refractivity contribution in [1.82, 2.24) is 5.43 Å². The number of hydrazine groups is 1. The zero-order chi connectivity index (χ0) is 9.56. The number of nitrogens with one attached hydrogen (secondary N) is 1. The standard InChI is InChI=1S/C6H12N2O4/c7-8-4(3-6(11)12)1-2-5(9)10/h4,8H,1-3,7H2,(H,9,10)(H,11,12). The van der Waals surface area contributed by atoms with Gasteiger partial charge in [-0.05, 0) is 6.42 Å². The van der Waals surface area contributed by atoms with Crippen molar-refractivity contribution in [1.29, 1.82) is 0 Å². The molecule has 0 spiro atoms. The topological polar surface area (TPSA) is 113 Å². The second-order valence-corrected chi connectivity index (χ2v) is 2.39. The van der Waals surface area contributed by atoms with Gasteiger partial charge in [-0.15, -0.1) is 0 Å². The van der Waals surface area contributed by atoms with Gasteiger partial charge in [0.15, 0.2) is 0 Å². The van der Waals surface area contributed by atoms with Crippen LogP contribution in [0.1, 0.15) is 19.3 Å². The molecule has 0 heterocycles. The van der Waals surface area contributed by atoms with Crippen molar-refractivity contribution in [3.05, 3.63) is 0 Å². The highest BCUT2D eigenvalue weighted by molar-refractivity contribution is 5.68. The highest BCUT2D eigenvalue weighted by Crippen LogP contribution is 2.00. The predicted octanol–water partition coefficient (Wildman–Crippen LogP) is -0.842. The molecule has 5 N–H and O–H groups in total. The van der Waals surface area contributed by atoms with E-state index in [1.54, 1.807) is 0 Å². The molecule has 6 heteroatoms. The van der Waals surface area contributed by atoms with Crippen molar-refractivity contribution in [2.24, 2.45) is 5.84 Å². The van der Waals surface area contributed by atoms with Crippen LogP contribution in [0.4, 0.5) is 0 Å². The molecule has 1 atom stereocenters. The minimum absolute atomic E-state index is 0.0812. The molecule has 0 radical (unpaired) electrons. The second kappa shape index (κ2) is 5.50. The summed E-state index contributed by atoms with van der Waals surface area (Å²) < 4.78 is 0. The van der Waals surface area contributed by atoms with Crippen LogP contribution in [0.2, 0.25) is 0 Å². The van der Waals surface area contributed by atoms with Crippen LogP contribution in [0, 0.1) is 0 Å². The van der Waals surface area contributed by atoms with E-state index in [-0.39, 0.29) is 19.3 Å². The Morgan fingerprint density at radius 1 is 1.33 bits per heavy atom. The van der Waals surface area contributed by atoms with Crippen LogP contribution in [0.3, 0.4) is 0 Å². The fraction of sp³-hybridized carbons (Fsp3) is 0.667. The Morgan fingerprint density at radius 2 is 1.92 bits per heavy atom. The number of aliphatic carboxylic acids is 2. The van der Waals surface area contributed by atoms with Gasteiger partial charge < -0.3 is 10.2 Å². The molecule has 0 fully saturated rings. The first-order chi connectivity index (χ1) is 5.56. The number of nitrogens with two attached hydrogens (primary N) is 1. The number of rotatable bonds is 6. The molecule has 0 aliphatic heterocycles. The maximum atomic E-state index is 10.2. The lowest BCUT2D eigenvalue weighted by Crippen LogP contribution is -2.37. The molecular formula is C6H12N2O4. The van der Waals surface area contributed by atoms with Gasteiger partial charge >= 0.3 is 11.9 Å². The Kier molecular flexibility index (Phi) is 4.98. The monoisotopic (exact) mass is 176 g/mol. The largest absolute Gasteiger partial charge is 0.481 e. The molecule has 0 bridgehead atoms. The van der Waals surface area contributed by atoms with E-state index in [9.17, 15) is 9.59 Å². The van der Waals surface area contributed by atoms with Crippen LogP contribution in [0.25, 0.3) is 0 Å². The lowest BCUT2D eigenvalue weighted by atomic mass is 10.1. The van der Waals surface area contributed by atoms with Gasteiger partial charge in [0, 0.05) is 12.5 Å². The van der Waals surface area contributed by atoms with Crippen molar-refractivity contribution in [3.8, 4) is 0 Å². The first kappa shape index (κ1) is 10.9. The van der Waals surface area contributed by atoms with E-state index in [1.165, 1.54) is 0 Å². The van der Waals surface area contributed by atoms with Gasteiger partial charge in [0.05, 0.1) is 6.42 Å². The van der Waals surface area contributed by atoms with E-state index in [2.05, 4.69) is 5.43 Å². The average Bonchev–Trinajstić information content (AvgIpc) is 1.97. The number of carboxylic acid groups (broad SMARTS) is 2. The Balaban J connectivity index is 3.67. The van der Waals surface area contributed by atoms with Gasteiger partial charge in [-0.2, -0.15) is 0 Å². The Morgan fingerprint density at radius 3 is 2.25 bits per heavy atom. The molecule has 6 nitrogen and oxygen atoms in total. The van der Waals surface area contributed by atoms with Crippen LogP contribution < -0.4 is 11.3 Å². The fourth-order valence-corrected chi connectivity index (χ4v) is 0.753. The molecule has 70 valence electrons. The summed E-state index contributed by atoms with van der Waals surface area (Å²) in [7, 11) is 0. The van der Waals surface area contributed by atoms with Gasteiger partial charge in [0.1, 0.15) is 0 Å². The van der Waals surface area contributed by atoms with Crippen LogP contribution in [0.5, 0.6) is 0 Å². The van der Waals surface area contributed by atoms with Crippen LogP contribution >= 0.6 is 0 Å². The maximum absolute atomic E-state index is 10.2. The molecule has 0 saturated carbocycles. The average molecular weight is 176 g/mol. The lowest BCUT2D eigenvalue weighted by Gasteiger charge is -2.10. The SMILES string of the molecule is NNC(CCC(=O)O)CC(=O)O. The highest BCUT2D eigenvalue weighted by atomic mass is 16.4. The van der Waals surface area contributed by atoms with E-state index in [0.717, 1.165) is 0 Å².